The number of fused-ring (bicyclic) bond motifs is 2. The summed E-state index contributed by atoms with van der Waals surface area (Å²) < 4.78 is 0. The van der Waals surface area contributed by atoms with Crippen LogP contribution in [0.1, 0.15) is 25.1 Å². The van der Waals surface area contributed by atoms with Gasteiger partial charge in [-0.15, -0.1) is 0 Å². The first-order chi connectivity index (χ1) is 11.6. The Bertz CT molecular complexity index is 847. The number of H-pyrrole nitrogens is 1. The highest BCUT2D eigenvalue weighted by atomic mass is 16.4. The fourth-order valence-electron chi connectivity index (χ4n) is 4.43. The zero-order valence-corrected chi connectivity index (χ0v) is 13.5. The van der Waals surface area contributed by atoms with E-state index in [-0.39, 0.29) is 11.5 Å². The van der Waals surface area contributed by atoms with E-state index < -0.39 is 11.4 Å². The summed E-state index contributed by atoms with van der Waals surface area (Å²) >= 11 is 0. The Hall–Kier alpha value is -2.21. The SMILES string of the molecule is O=C(O)[C@@]12CCC[C@H]1CN(CCc1nc3ccccc3c(=O)[nH]1)C2. The molecule has 6 heteroatoms. The van der Waals surface area contributed by atoms with E-state index in [0.29, 0.717) is 29.7 Å². The summed E-state index contributed by atoms with van der Waals surface area (Å²) in [5, 5.41) is 10.2. The molecule has 2 fully saturated rings. The van der Waals surface area contributed by atoms with Crippen LogP contribution < -0.4 is 5.56 Å². The second kappa shape index (κ2) is 5.70. The fourth-order valence-corrected chi connectivity index (χ4v) is 4.43. The number of nitrogens with one attached hydrogen (secondary N) is 1. The smallest absolute Gasteiger partial charge is 0.311 e. The van der Waals surface area contributed by atoms with Crippen LogP contribution >= 0.6 is 0 Å². The Kier molecular flexibility index (Phi) is 3.64. The molecule has 0 radical (unpaired) electrons. The van der Waals surface area contributed by atoms with Crippen LogP contribution in [0.5, 0.6) is 0 Å². The quantitative estimate of drug-likeness (QED) is 0.892. The molecule has 2 N–H and O–H groups in total. The predicted octanol–water partition coefficient (Wildman–Crippen LogP) is 1.65. The summed E-state index contributed by atoms with van der Waals surface area (Å²) in [6.07, 6.45) is 3.44. The minimum absolute atomic E-state index is 0.115. The van der Waals surface area contributed by atoms with Gasteiger partial charge in [-0.25, -0.2) is 4.98 Å². The van der Waals surface area contributed by atoms with Gasteiger partial charge in [0.1, 0.15) is 5.82 Å². The lowest BCUT2D eigenvalue weighted by atomic mass is 9.81. The molecular formula is C18H21N3O3. The fraction of sp³-hybridized carbons (Fsp3) is 0.500. The van der Waals surface area contributed by atoms with Crippen molar-refractivity contribution >= 4 is 16.9 Å². The molecule has 0 unspecified atom stereocenters. The van der Waals surface area contributed by atoms with Crippen molar-refractivity contribution in [2.24, 2.45) is 11.3 Å². The molecule has 0 amide bonds. The Balaban J connectivity index is 1.48. The molecule has 1 saturated carbocycles. The Morgan fingerprint density at radius 3 is 3.04 bits per heavy atom. The number of carboxylic acids is 1. The average Bonchev–Trinajstić information content (AvgIpc) is 3.11. The van der Waals surface area contributed by atoms with Crippen LogP contribution in [0.3, 0.4) is 0 Å². The highest BCUT2D eigenvalue weighted by Crippen LogP contribution is 2.48. The van der Waals surface area contributed by atoms with Crippen LogP contribution in [-0.4, -0.2) is 45.6 Å². The maximum absolute atomic E-state index is 12.1. The number of aliphatic carboxylic acids is 1. The van der Waals surface area contributed by atoms with E-state index in [1.807, 2.05) is 18.2 Å². The number of nitrogens with zero attached hydrogens (tertiary/aromatic N) is 2. The topological polar surface area (TPSA) is 86.3 Å². The monoisotopic (exact) mass is 327 g/mol. The first kappa shape index (κ1) is 15.3. The molecule has 0 spiro atoms. The number of carboxylic acid groups (broad SMARTS) is 1. The minimum atomic E-state index is -0.648. The third kappa shape index (κ3) is 2.41. The van der Waals surface area contributed by atoms with Gasteiger partial charge < -0.3 is 15.0 Å². The number of likely N-dealkylation sites (tertiary alicyclic amines) is 1. The molecule has 2 aromatic rings. The lowest BCUT2D eigenvalue weighted by Crippen LogP contribution is -2.36. The largest absolute Gasteiger partial charge is 0.481 e. The number of rotatable bonds is 4. The summed E-state index contributed by atoms with van der Waals surface area (Å²) in [5.41, 5.74) is 0.0389. The van der Waals surface area contributed by atoms with E-state index >= 15 is 0 Å². The normalized spacial score (nSPS) is 26.8. The van der Waals surface area contributed by atoms with Gasteiger partial charge in [-0.1, -0.05) is 18.6 Å². The highest BCUT2D eigenvalue weighted by Gasteiger charge is 2.54. The number of benzene rings is 1. The lowest BCUT2D eigenvalue weighted by molar-refractivity contribution is -0.149. The van der Waals surface area contributed by atoms with Gasteiger partial charge in [-0.05, 0) is 30.9 Å². The molecule has 2 atom stereocenters. The van der Waals surface area contributed by atoms with E-state index in [0.717, 1.165) is 32.4 Å². The van der Waals surface area contributed by atoms with Crippen molar-refractivity contribution < 1.29 is 9.90 Å². The number of hydrogen-bond acceptors (Lipinski definition) is 4. The van der Waals surface area contributed by atoms with Crippen LogP contribution in [0.2, 0.25) is 0 Å². The van der Waals surface area contributed by atoms with E-state index in [1.54, 1.807) is 6.07 Å². The van der Waals surface area contributed by atoms with Crippen LogP contribution in [0.15, 0.2) is 29.1 Å². The van der Waals surface area contributed by atoms with Gasteiger partial charge in [-0.3, -0.25) is 9.59 Å². The van der Waals surface area contributed by atoms with Gasteiger partial charge >= 0.3 is 5.97 Å². The minimum Gasteiger partial charge on any atom is -0.481 e. The molecule has 2 heterocycles. The molecule has 126 valence electrons. The van der Waals surface area contributed by atoms with Crippen LogP contribution in [-0.2, 0) is 11.2 Å². The van der Waals surface area contributed by atoms with Crippen molar-refractivity contribution in [3.8, 4) is 0 Å². The van der Waals surface area contributed by atoms with E-state index in [1.165, 1.54) is 0 Å². The second-order valence-electron chi connectivity index (χ2n) is 7.07. The molecule has 1 aliphatic carbocycles. The third-order valence-electron chi connectivity index (χ3n) is 5.69. The molecule has 1 aliphatic heterocycles. The zero-order valence-electron chi connectivity index (χ0n) is 13.5. The van der Waals surface area contributed by atoms with Crippen molar-refractivity contribution in [1.82, 2.24) is 14.9 Å². The Morgan fingerprint density at radius 2 is 2.25 bits per heavy atom. The van der Waals surface area contributed by atoms with Gasteiger partial charge in [0.15, 0.2) is 0 Å². The van der Waals surface area contributed by atoms with Crippen LogP contribution in [0.4, 0.5) is 0 Å². The van der Waals surface area contributed by atoms with Gasteiger partial charge in [0.05, 0.1) is 16.3 Å². The second-order valence-corrected chi connectivity index (χ2v) is 7.07. The maximum atomic E-state index is 12.1. The molecule has 0 bridgehead atoms. The zero-order chi connectivity index (χ0) is 16.7. The summed E-state index contributed by atoms with van der Waals surface area (Å²) in [6, 6.07) is 7.31. The van der Waals surface area contributed by atoms with Crippen molar-refractivity contribution in [3.05, 3.63) is 40.4 Å². The Morgan fingerprint density at radius 1 is 1.42 bits per heavy atom. The predicted molar refractivity (Wildman–Crippen MR) is 89.9 cm³/mol. The van der Waals surface area contributed by atoms with Crippen molar-refractivity contribution in [1.29, 1.82) is 0 Å². The first-order valence-electron chi connectivity index (χ1n) is 8.52. The molecule has 1 saturated heterocycles. The number of carbonyl (C=O) groups is 1. The molecule has 1 aromatic carbocycles. The Labute approximate surface area is 139 Å². The number of para-hydroxylation sites is 1. The summed E-state index contributed by atoms with van der Waals surface area (Å²) in [6.45, 7) is 2.18. The standard InChI is InChI=1S/C18H21N3O3/c22-16-13-5-1-2-6-14(13)19-15(20-16)7-9-21-10-12-4-3-8-18(12,11-21)17(23)24/h1-2,5-6,12H,3-4,7-11H2,(H,23,24)(H,19,20,22)/t12-,18+/m0/s1. The van der Waals surface area contributed by atoms with Crippen molar-refractivity contribution in [3.63, 3.8) is 0 Å². The van der Waals surface area contributed by atoms with E-state index in [9.17, 15) is 14.7 Å². The summed E-state index contributed by atoms with van der Waals surface area (Å²) in [4.78, 5) is 33.4. The first-order valence-corrected chi connectivity index (χ1v) is 8.52. The van der Waals surface area contributed by atoms with Crippen LogP contribution in [0.25, 0.3) is 10.9 Å². The van der Waals surface area contributed by atoms with Gasteiger partial charge in [-0.2, -0.15) is 0 Å². The van der Waals surface area contributed by atoms with Gasteiger partial charge in [0.25, 0.3) is 5.56 Å². The summed E-state index contributed by atoms with van der Waals surface area (Å²) in [5.74, 6) is 0.281. The van der Waals surface area contributed by atoms with Crippen molar-refractivity contribution in [2.75, 3.05) is 19.6 Å². The number of aromatic amines is 1. The molecular weight excluding hydrogens is 306 g/mol. The molecule has 24 heavy (non-hydrogen) atoms. The molecule has 1 aromatic heterocycles. The summed E-state index contributed by atoms with van der Waals surface area (Å²) in [7, 11) is 0. The molecule has 4 rings (SSSR count). The maximum Gasteiger partial charge on any atom is 0.311 e. The highest BCUT2D eigenvalue weighted by molar-refractivity contribution is 5.77. The van der Waals surface area contributed by atoms with Gasteiger partial charge in [0.2, 0.25) is 0 Å². The van der Waals surface area contributed by atoms with E-state index in [4.69, 9.17) is 0 Å². The number of hydrogen-bond donors (Lipinski definition) is 2. The number of aromatic nitrogens is 2. The average molecular weight is 327 g/mol. The van der Waals surface area contributed by atoms with Gasteiger partial charge in [0, 0.05) is 26.1 Å². The molecule has 2 aliphatic rings. The van der Waals surface area contributed by atoms with E-state index in [2.05, 4.69) is 14.9 Å². The molecule has 6 nitrogen and oxygen atoms in total. The third-order valence-corrected chi connectivity index (χ3v) is 5.69. The lowest BCUT2D eigenvalue weighted by Gasteiger charge is -2.23. The van der Waals surface area contributed by atoms with Crippen LogP contribution in [0, 0.1) is 11.3 Å². The van der Waals surface area contributed by atoms with Crippen molar-refractivity contribution in [2.45, 2.75) is 25.7 Å².